The number of hydrogen-bond acceptors (Lipinski definition) is 4. The van der Waals surface area contributed by atoms with Gasteiger partial charge in [-0.25, -0.2) is 4.79 Å². The average Bonchev–Trinajstić information content (AvgIpc) is 2.90. The minimum atomic E-state index is -1.02. The lowest BCUT2D eigenvalue weighted by Crippen LogP contribution is -2.65. The molecule has 6 heteroatoms. The molecule has 5 nitrogen and oxygen atoms in total. The van der Waals surface area contributed by atoms with Gasteiger partial charge in [-0.2, -0.15) is 0 Å². The van der Waals surface area contributed by atoms with E-state index in [1.54, 1.807) is 6.07 Å². The highest BCUT2D eigenvalue weighted by atomic mass is 16.7. The van der Waals surface area contributed by atoms with Crippen LogP contribution in [0.15, 0.2) is 18.2 Å². The molecule has 1 aliphatic heterocycles. The maximum Gasteiger partial charge on any atom is 0.498 e. The first-order valence-corrected chi connectivity index (χ1v) is 8.52. The summed E-state index contributed by atoms with van der Waals surface area (Å²) in [5.74, 6) is 0.449. The van der Waals surface area contributed by atoms with Crippen LogP contribution in [0.4, 0.5) is 0 Å². The van der Waals surface area contributed by atoms with Gasteiger partial charge in [0, 0.05) is 5.46 Å². The lowest BCUT2D eigenvalue weighted by Gasteiger charge is -2.64. The number of ether oxygens (including phenoxy) is 1. The van der Waals surface area contributed by atoms with Gasteiger partial charge in [-0.3, -0.25) is 0 Å². The molecule has 128 valence electrons. The highest BCUT2D eigenvalue weighted by Gasteiger charge is 2.68. The molecular weight excluding hydrogens is 307 g/mol. The zero-order chi connectivity index (χ0) is 17.3. The molecule has 3 aliphatic carbocycles. The first-order chi connectivity index (χ1) is 11.3. The van der Waals surface area contributed by atoms with Gasteiger partial charge in [0.25, 0.3) is 0 Å². The highest BCUT2D eigenvalue weighted by Crippen LogP contribution is 2.65. The number of benzene rings is 1. The summed E-state index contributed by atoms with van der Waals surface area (Å²) in [5, 5.41) is 9.38. The van der Waals surface area contributed by atoms with Crippen LogP contribution in [0.5, 0.6) is 5.75 Å². The molecular formula is C18H23BO5. The molecule has 2 bridgehead atoms. The van der Waals surface area contributed by atoms with Crippen LogP contribution in [0.25, 0.3) is 0 Å². The molecule has 0 amide bonds. The third-order valence-electron chi connectivity index (χ3n) is 6.68. The first-order valence-electron chi connectivity index (χ1n) is 8.52. The van der Waals surface area contributed by atoms with E-state index in [1.165, 1.54) is 19.6 Å². The number of aromatic carboxylic acids is 1. The van der Waals surface area contributed by atoms with E-state index < -0.39 is 13.1 Å². The topological polar surface area (TPSA) is 65.0 Å². The Balaban J connectivity index is 1.69. The summed E-state index contributed by atoms with van der Waals surface area (Å²) in [7, 11) is 0.902. The summed E-state index contributed by atoms with van der Waals surface area (Å²) in [4.78, 5) is 11.4. The Morgan fingerprint density at radius 2 is 2.08 bits per heavy atom. The number of para-hydroxylation sites is 1. The molecule has 1 saturated heterocycles. The van der Waals surface area contributed by atoms with Crippen molar-refractivity contribution in [1.82, 2.24) is 0 Å². The van der Waals surface area contributed by atoms with E-state index in [-0.39, 0.29) is 22.7 Å². The Morgan fingerprint density at radius 3 is 2.71 bits per heavy atom. The van der Waals surface area contributed by atoms with Crippen LogP contribution in [-0.2, 0) is 9.31 Å². The van der Waals surface area contributed by atoms with E-state index in [1.807, 2.05) is 6.07 Å². The Hall–Kier alpha value is -1.53. The van der Waals surface area contributed by atoms with E-state index in [0.717, 1.165) is 6.42 Å². The molecule has 0 unspecified atom stereocenters. The summed E-state index contributed by atoms with van der Waals surface area (Å²) in [5.41, 5.74) is 0.735. The number of carboxylic acids is 1. The number of carboxylic acid groups (broad SMARTS) is 1. The minimum Gasteiger partial charge on any atom is -0.496 e. The van der Waals surface area contributed by atoms with Crippen molar-refractivity contribution in [3.8, 4) is 5.75 Å². The number of rotatable bonds is 3. The normalized spacial score (nSPS) is 36.0. The Bertz CT molecular complexity index is 703. The van der Waals surface area contributed by atoms with Crippen LogP contribution in [0.2, 0.25) is 0 Å². The SMILES string of the molecule is COc1c(B2O[C@H]3C[C@@H]4C[C@@H](C4(C)C)[C@@]3(C)O2)cccc1C(=O)O. The fraction of sp³-hybridized carbons (Fsp3) is 0.611. The smallest absolute Gasteiger partial charge is 0.496 e. The van der Waals surface area contributed by atoms with Crippen LogP contribution >= 0.6 is 0 Å². The van der Waals surface area contributed by atoms with Gasteiger partial charge >= 0.3 is 13.1 Å². The fourth-order valence-electron chi connectivity index (χ4n) is 5.14. The Kier molecular flexibility index (Phi) is 3.32. The van der Waals surface area contributed by atoms with Gasteiger partial charge in [-0.05, 0) is 43.1 Å². The van der Waals surface area contributed by atoms with Crippen LogP contribution in [0.3, 0.4) is 0 Å². The van der Waals surface area contributed by atoms with Crippen molar-refractivity contribution < 1.29 is 23.9 Å². The number of carbonyl (C=O) groups is 1. The van der Waals surface area contributed by atoms with Crippen molar-refractivity contribution in [1.29, 1.82) is 0 Å². The largest absolute Gasteiger partial charge is 0.498 e. The highest BCUT2D eigenvalue weighted by molar-refractivity contribution is 6.63. The molecule has 4 fully saturated rings. The predicted molar refractivity (Wildman–Crippen MR) is 89.7 cm³/mol. The molecule has 4 atom stereocenters. The van der Waals surface area contributed by atoms with Crippen molar-refractivity contribution >= 4 is 18.6 Å². The van der Waals surface area contributed by atoms with E-state index in [4.69, 9.17) is 14.0 Å². The van der Waals surface area contributed by atoms with Crippen LogP contribution in [0, 0.1) is 17.3 Å². The molecule has 5 rings (SSSR count). The lowest BCUT2D eigenvalue weighted by atomic mass is 9.43. The van der Waals surface area contributed by atoms with Gasteiger partial charge < -0.3 is 19.2 Å². The van der Waals surface area contributed by atoms with Gasteiger partial charge in [-0.15, -0.1) is 0 Å². The van der Waals surface area contributed by atoms with Gasteiger partial charge in [-0.1, -0.05) is 26.0 Å². The minimum absolute atomic E-state index is 0.0532. The van der Waals surface area contributed by atoms with Crippen molar-refractivity contribution in [3.63, 3.8) is 0 Å². The van der Waals surface area contributed by atoms with E-state index in [2.05, 4.69) is 20.8 Å². The van der Waals surface area contributed by atoms with E-state index in [9.17, 15) is 9.90 Å². The quantitative estimate of drug-likeness (QED) is 0.862. The second-order valence-electron chi connectivity index (χ2n) is 8.03. The summed E-state index contributed by atoms with van der Waals surface area (Å²) in [6, 6.07) is 5.07. The zero-order valence-electron chi connectivity index (χ0n) is 14.5. The molecule has 0 radical (unpaired) electrons. The third kappa shape index (κ3) is 1.93. The van der Waals surface area contributed by atoms with E-state index >= 15 is 0 Å². The monoisotopic (exact) mass is 330 g/mol. The van der Waals surface area contributed by atoms with Gasteiger partial charge in [0.2, 0.25) is 0 Å². The summed E-state index contributed by atoms with van der Waals surface area (Å²) < 4.78 is 18.0. The van der Waals surface area contributed by atoms with Gasteiger partial charge in [0.1, 0.15) is 11.3 Å². The maximum absolute atomic E-state index is 11.4. The fourth-order valence-corrected chi connectivity index (χ4v) is 5.14. The number of methoxy groups -OCH3 is 1. The predicted octanol–water partition coefficient (Wildman–Crippen LogP) is 2.33. The average molecular weight is 330 g/mol. The molecule has 1 aromatic carbocycles. The summed E-state index contributed by atoms with van der Waals surface area (Å²) in [6.07, 6.45) is 2.23. The van der Waals surface area contributed by atoms with Crippen molar-refractivity contribution in [3.05, 3.63) is 23.8 Å². The van der Waals surface area contributed by atoms with Crippen LogP contribution in [-0.4, -0.2) is 37.0 Å². The molecule has 24 heavy (non-hydrogen) atoms. The molecule has 1 heterocycles. The molecule has 3 saturated carbocycles. The van der Waals surface area contributed by atoms with Crippen molar-refractivity contribution in [2.45, 2.75) is 45.3 Å². The number of hydrogen-bond donors (Lipinski definition) is 1. The molecule has 1 N–H and O–H groups in total. The van der Waals surface area contributed by atoms with Crippen LogP contribution in [0.1, 0.15) is 44.0 Å². The van der Waals surface area contributed by atoms with Gasteiger partial charge in [0.05, 0.1) is 18.8 Å². The second-order valence-corrected chi connectivity index (χ2v) is 8.03. The van der Waals surface area contributed by atoms with E-state index in [0.29, 0.717) is 23.0 Å². The maximum atomic E-state index is 11.4. The molecule has 1 aromatic rings. The second kappa shape index (κ2) is 4.99. The molecule has 0 aromatic heterocycles. The van der Waals surface area contributed by atoms with Crippen LogP contribution < -0.4 is 10.2 Å². The first kappa shape index (κ1) is 16.0. The van der Waals surface area contributed by atoms with Gasteiger partial charge in [0.15, 0.2) is 0 Å². The lowest BCUT2D eigenvalue weighted by molar-refractivity contribution is -0.199. The van der Waals surface area contributed by atoms with Crippen molar-refractivity contribution in [2.24, 2.45) is 17.3 Å². The summed E-state index contributed by atoms with van der Waals surface area (Å²) in [6.45, 7) is 6.78. The van der Waals surface area contributed by atoms with Crippen molar-refractivity contribution in [2.75, 3.05) is 7.11 Å². The Labute approximate surface area is 142 Å². The Morgan fingerprint density at radius 1 is 1.33 bits per heavy atom. The standard InChI is InChI=1S/C18H23BO5/c1-17(2)10-8-13(17)18(3)14(9-10)23-19(24-18)12-7-5-6-11(16(20)21)15(12)22-4/h5-7,10,13-14H,8-9H2,1-4H3,(H,20,21)/t10-,13-,14-,18+/m0/s1. The summed E-state index contributed by atoms with van der Waals surface area (Å²) >= 11 is 0. The third-order valence-corrected chi connectivity index (χ3v) is 6.68. The molecule has 0 spiro atoms. The molecule has 4 aliphatic rings. The zero-order valence-corrected chi connectivity index (χ0v) is 14.5.